The second-order valence-electron chi connectivity index (χ2n) is 7.13. The van der Waals surface area contributed by atoms with E-state index in [4.69, 9.17) is 14.7 Å². The standard InChI is InChI=1S/C23H23FN6O3/c1-30(2)7-6-22(31)29-20-11-17-19(12-21(20)33-9-8-32-3)26-14-27-23(17)28-16-4-5-18(24)15(10-16)13-25/h4-7,10-12,14H,8-9H2,1-3H3,(H,29,31)(H,26,27,28)/b7-6+. The third-order valence-corrected chi connectivity index (χ3v) is 4.41. The van der Waals surface area contributed by atoms with Crippen molar-refractivity contribution >= 4 is 34.0 Å². The summed E-state index contributed by atoms with van der Waals surface area (Å²) >= 11 is 0. The molecule has 33 heavy (non-hydrogen) atoms. The van der Waals surface area contributed by atoms with Crippen molar-refractivity contribution in [3.63, 3.8) is 0 Å². The van der Waals surface area contributed by atoms with Crippen molar-refractivity contribution in [1.29, 1.82) is 5.26 Å². The zero-order valence-corrected chi connectivity index (χ0v) is 18.4. The molecule has 0 unspecified atom stereocenters. The molecule has 0 saturated carbocycles. The summed E-state index contributed by atoms with van der Waals surface area (Å²) in [6.07, 6.45) is 4.39. The number of hydrogen-bond acceptors (Lipinski definition) is 8. The third-order valence-electron chi connectivity index (χ3n) is 4.41. The largest absolute Gasteiger partial charge is 0.489 e. The molecule has 2 aromatic carbocycles. The molecule has 0 saturated heterocycles. The number of hydrogen-bond donors (Lipinski definition) is 2. The topological polar surface area (TPSA) is 112 Å². The summed E-state index contributed by atoms with van der Waals surface area (Å²) in [5, 5.41) is 15.6. The van der Waals surface area contributed by atoms with E-state index in [1.54, 1.807) is 30.3 Å². The van der Waals surface area contributed by atoms with Crippen molar-refractivity contribution in [2.24, 2.45) is 0 Å². The predicted octanol–water partition coefficient (Wildman–Crippen LogP) is 3.42. The number of methoxy groups -OCH3 is 1. The van der Waals surface area contributed by atoms with E-state index in [-0.39, 0.29) is 18.1 Å². The van der Waals surface area contributed by atoms with Crippen molar-refractivity contribution in [3.8, 4) is 11.8 Å². The highest BCUT2D eigenvalue weighted by Crippen LogP contribution is 2.33. The van der Waals surface area contributed by atoms with Gasteiger partial charge in [0.1, 0.15) is 36.4 Å². The van der Waals surface area contributed by atoms with Crippen molar-refractivity contribution in [2.45, 2.75) is 0 Å². The molecule has 0 fully saturated rings. The average molecular weight is 450 g/mol. The van der Waals surface area contributed by atoms with Crippen molar-refractivity contribution < 1.29 is 18.7 Å². The minimum Gasteiger partial charge on any atom is -0.489 e. The molecule has 0 spiro atoms. The second-order valence-corrected chi connectivity index (χ2v) is 7.13. The van der Waals surface area contributed by atoms with Crippen LogP contribution in [0.5, 0.6) is 5.75 Å². The number of benzene rings is 2. The number of fused-ring (bicyclic) bond motifs is 1. The number of amides is 1. The van der Waals surface area contributed by atoms with Crippen LogP contribution in [0.25, 0.3) is 10.9 Å². The number of carbonyl (C=O) groups excluding carboxylic acids is 1. The Morgan fingerprint density at radius 3 is 2.79 bits per heavy atom. The van der Waals surface area contributed by atoms with E-state index in [9.17, 15) is 9.18 Å². The molecule has 9 nitrogen and oxygen atoms in total. The average Bonchev–Trinajstić information content (AvgIpc) is 2.79. The van der Waals surface area contributed by atoms with E-state index in [2.05, 4.69) is 20.6 Å². The number of halogens is 1. The lowest BCUT2D eigenvalue weighted by Crippen LogP contribution is -2.13. The van der Waals surface area contributed by atoms with Gasteiger partial charge in [0.25, 0.3) is 0 Å². The van der Waals surface area contributed by atoms with Gasteiger partial charge in [-0.1, -0.05) is 0 Å². The van der Waals surface area contributed by atoms with Gasteiger partial charge in [0.2, 0.25) is 5.91 Å². The summed E-state index contributed by atoms with van der Waals surface area (Å²) in [5.74, 6) is -0.116. The van der Waals surface area contributed by atoms with E-state index in [0.717, 1.165) is 0 Å². The normalized spacial score (nSPS) is 10.8. The van der Waals surface area contributed by atoms with Crippen LogP contribution >= 0.6 is 0 Å². The second kappa shape index (κ2) is 10.9. The number of ether oxygens (including phenoxy) is 2. The Kier molecular flexibility index (Phi) is 7.73. The summed E-state index contributed by atoms with van der Waals surface area (Å²) in [5.41, 5.74) is 1.37. The lowest BCUT2D eigenvalue weighted by molar-refractivity contribution is -0.112. The Bertz CT molecular complexity index is 1220. The van der Waals surface area contributed by atoms with E-state index < -0.39 is 5.82 Å². The summed E-state index contributed by atoms with van der Waals surface area (Å²) in [7, 11) is 5.18. The molecule has 1 amide bonds. The van der Waals surface area contributed by atoms with Crippen LogP contribution < -0.4 is 15.4 Å². The molecule has 3 rings (SSSR count). The highest BCUT2D eigenvalue weighted by atomic mass is 19.1. The summed E-state index contributed by atoms with van der Waals surface area (Å²) in [4.78, 5) is 22.7. The van der Waals surface area contributed by atoms with E-state index in [1.807, 2.05) is 20.2 Å². The van der Waals surface area contributed by atoms with Gasteiger partial charge in [-0.05, 0) is 24.3 Å². The highest BCUT2D eigenvalue weighted by Gasteiger charge is 2.14. The third kappa shape index (κ3) is 6.15. The molecule has 0 aliphatic heterocycles. The zero-order chi connectivity index (χ0) is 23.8. The molecular formula is C23H23FN6O3. The van der Waals surface area contributed by atoms with Crippen LogP contribution in [0.2, 0.25) is 0 Å². The van der Waals surface area contributed by atoms with Crippen molar-refractivity contribution in [2.75, 3.05) is 45.1 Å². The monoisotopic (exact) mass is 450 g/mol. The van der Waals surface area contributed by atoms with Crippen LogP contribution in [0.3, 0.4) is 0 Å². The molecule has 10 heteroatoms. The van der Waals surface area contributed by atoms with Gasteiger partial charge < -0.3 is 25.0 Å². The van der Waals surface area contributed by atoms with Crippen molar-refractivity contribution in [1.82, 2.24) is 14.9 Å². The number of rotatable bonds is 9. The van der Waals surface area contributed by atoms with Crippen LogP contribution in [-0.2, 0) is 9.53 Å². The predicted molar refractivity (Wildman–Crippen MR) is 123 cm³/mol. The molecule has 3 aromatic rings. The van der Waals surface area contributed by atoms with E-state index in [1.165, 1.54) is 30.6 Å². The van der Waals surface area contributed by atoms with E-state index >= 15 is 0 Å². The van der Waals surface area contributed by atoms with Gasteiger partial charge in [-0.3, -0.25) is 4.79 Å². The number of nitrogens with zero attached hydrogens (tertiary/aromatic N) is 4. The highest BCUT2D eigenvalue weighted by molar-refractivity contribution is 6.03. The van der Waals surface area contributed by atoms with E-state index in [0.29, 0.717) is 40.5 Å². The van der Waals surface area contributed by atoms with Crippen LogP contribution in [0, 0.1) is 17.1 Å². The smallest absolute Gasteiger partial charge is 0.249 e. The number of aromatic nitrogens is 2. The summed E-state index contributed by atoms with van der Waals surface area (Å²) in [6, 6.07) is 9.28. The Hall–Kier alpha value is -4.23. The van der Waals surface area contributed by atoms with Crippen molar-refractivity contribution in [3.05, 3.63) is 60.3 Å². The molecule has 1 heterocycles. The summed E-state index contributed by atoms with van der Waals surface area (Å²) in [6.45, 7) is 0.648. The van der Waals surface area contributed by atoms with Gasteiger partial charge in [-0.25, -0.2) is 14.4 Å². The fourth-order valence-electron chi connectivity index (χ4n) is 2.85. The maximum atomic E-state index is 13.7. The first-order valence-corrected chi connectivity index (χ1v) is 9.94. The molecule has 170 valence electrons. The lowest BCUT2D eigenvalue weighted by atomic mass is 10.1. The fourth-order valence-corrected chi connectivity index (χ4v) is 2.85. The molecule has 0 bridgehead atoms. The van der Waals surface area contributed by atoms with Gasteiger partial charge in [0, 0.05) is 50.6 Å². The Balaban J connectivity index is 2.00. The quantitative estimate of drug-likeness (QED) is 0.377. The van der Waals surface area contributed by atoms with Gasteiger partial charge in [-0.15, -0.1) is 0 Å². The minimum atomic E-state index is -0.607. The first kappa shape index (κ1) is 23.4. The molecule has 1 aromatic heterocycles. The molecule has 0 aliphatic carbocycles. The minimum absolute atomic E-state index is 0.0900. The molecule has 0 atom stereocenters. The lowest BCUT2D eigenvalue weighted by Gasteiger charge is -2.15. The number of nitriles is 1. The fraction of sp³-hybridized carbons (Fsp3) is 0.217. The first-order valence-electron chi connectivity index (χ1n) is 9.94. The summed E-state index contributed by atoms with van der Waals surface area (Å²) < 4.78 is 24.5. The maximum absolute atomic E-state index is 13.7. The Morgan fingerprint density at radius 1 is 1.24 bits per heavy atom. The Morgan fingerprint density at radius 2 is 2.06 bits per heavy atom. The zero-order valence-electron chi connectivity index (χ0n) is 18.4. The molecule has 0 radical (unpaired) electrons. The molecule has 0 aliphatic rings. The van der Waals surface area contributed by atoms with Crippen LogP contribution in [0.15, 0.2) is 48.9 Å². The van der Waals surface area contributed by atoms with Crippen LogP contribution in [-0.4, -0.2) is 55.2 Å². The SMILES string of the molecule is COCCOc1cc2ncnc(Nc3ccc(F)c(C#N)c3)c2cc1NC(=O)/C=C/N(C)C. The number of nitrogens with one attached hydrogen (secondary N) is 2. The van der Waals surface area contributed by atoms with Crippen LogP contribution in [0.4, 0.5) is 21.6 Å². The van der Waals surface area contributed by atoms with Gasteiger partial charge >= 0.3 is 0 Å². The van der Waals surface area contributed by atoms with Crippen LogP contribution in [0.1, 0.15) is 5.56 Å². The molecule has 2 N–H and O–H groups in total. The molecular weight excluding hydrogens is 427 g/mol. The van der Waals surface area contributed by atoms with Gasteiger partial charge in [0.05, 0.1) is 23.4 Å². The van der Waals surface area contributed by atoms with Gasteiger partial charge in [-0.2, -0.15) is 5.26 Å². The maximum Gasteiger partial charge on any atom is 0.249 e. The Labute approximate surface area is 190 Å². The number of carbonyl (C=O) groups is 1. The van der Waals surface area contributed by atoms with Gasteiger partial charge in [0.15, 0.2) is 0 Å². The first-order chi connectivity index (χ1) is 15.9. The number of anilines is 3.